The van der Waals surface area contributed by atoms with Gasteiger partial charge in [-0.2, -0.15) is 0 Å². The lowest BCUT2D eigenvalue weighted by Crippen LogP contribution is -2.01. The van der Waals surface area contributed by atoms with Crippen LogP contribution in [0.5, 0.6) is 0 Å². The van der Waals surface area contributed by atoms with E-state index in [0.717, 1.165) is 29.6 Å². The van der Waals surface area contributed by atoms with Crippen LogP contribution in [0.15, 0.2) is 84.9 Å². The van der Waals surface area contributed by atoms with E-state index in [-0.39, 0.29) is 0 Å². The molecule has 0 aliphatic heterocycles. The molecule has 0 bridgehead atoms. The molecule has 0 spiro atoms. The summed E-state index contributed by atoms with van der Waals surface area (Å²) in [7, 11) is -3.13. The molecule has 6 heteroatoms. The molecule has 0 saturated carbocycles. The molecule has 4 aromatic rings. The van der Waals surface area contributed by atoms with Gasteiger partial charge in [0.1, 0.15) is 0 Å². The fraction of sp³-hybridized carbons (Fsp3) is 0. The minimum Gasteiger partial charge on any atom is -0.0866 e. The molecule has 2 nitrogen and oxygen atoms in total. The first-order valence-electron chi connectivity index (χ1n) is 7.97. The van der Waals surface area contributed by atoms with Crippen LogP contribution in [-0.4, -0.2) is 0 Å². The van der Waals surface area contributed by atoms with Gasteiger partial charge >= 0.3 is 15.6 Å². The van der Waals surface area contributed by atoms with Gasteiger partial charge in [-0.3, -0.25) is 0 Å². The lowest BCUT2D eigenvalue weighted by molar-refractivity contribution is 0.597. The fourth-order valence-corrected chi connectivity index (χ4v) is 7.80. The predicted molar refractivity (Wildman–Crippen MR) is 114 cm³/mol. The van der Waals surface area contributed by atoms with E-state index in [4.69, 9.17) is 0 Å². The van der Waals surface area contributed by atoms with Crippen LogP contribution in [0.1, 0.15) is 0 Å². The Morgan fingerprint density at radius 1 is 0.500 bits per heavy atom. The van der Waals surface area contributed by atoms with Gasteiger partial charge in [0.2, 0.25) is 9.24 Å². The van der Waals surface area contributed by atoms with Gasteiger partial charge in [0.25, 0.3) is 0 Å². The monoisotopic (exact) mass is 412 g/mol. The first-order valence-corrected chi connectivity index (χ1v) is 12.1. The Morgan fingerprint density at radius 3 is 1.27 bits per heavy atom. The van der Waals surface area contributed by atoms with E-state index in [1.165, 1.54) is 0 Å². The second-order valence-corrected chi connectivity index (χ2v) is 11.5. The Labute approximate surface area is 161 Å². The molecule has 0 N–H and O–H groups in total. The van der Waals surface area contributed by atoms with Gasteiger partial charge in [0, 0.05) is 21.9 Å². The third-order valence-electron chi connectivity index (χ3n) is 3.81. The summed E-state index contributed by atoms with van der Waals surface area (Å²) in [6.45, 7) is 0. The van der Waals surface area contributed by atoms with Crippen molar-refractivity contribution in [2.24, 2.45) is 0 Å². The number of hydrogen-bond acceptors (Lipinski definition) is 4. The maximum absolute atomic E-state index is 12.7. The second kappa shape index (κ2) is 7.73. The Kier molecular flexibility index (Phi) is 5.19. The van der Waals surface area contributed by atoms with Crippen LogP contribution in [0.3, 0.4) is 0 Å². The normalized spacial score (nSPS) is 12.0. The van der Waals surface area contributed by atoms with E-state index in [0.29, 0.717) is 0 Å². The summed E-state index contributed by atoms with van der Waals surface area (Å²) < 4.78 is 27.1. The van der Waals surface area contributed by atoms with Crippen LogP contribution in [0.2, 0.25) is 0 Å². The SMILES string of the molecule is O=[P+](c1ccccc1)c1ccc(-c2ccc([P+](=O)c3ccccc3)s2)s1. The molecule has 2 aromatic heterocycles. The highest BCUT2D eigenvalue weighted by atomic mass is 32.1. The van der Waals surface area contributed by atoms with Gasteiger partial charge in [0.15, 0.2) is 10.6 Å². The van der Waals surface area contributed by atoms with Gasteiger partial charge in [-0.25, -0.2) is 0 Å². The van der Waals surface area contributed by atoms with Crippen LogP contribution in [0, 0.1) is 0 Å². The molecular weight excluding hydrogens is 398 g/mol. The zero-order valence-electron chi connectivity index (χ0n) is 13.6. The number of rotatable bonds is 5. The molecule has 0 aliphatic rings. The molecule has 26 heavy (non-hydrogen) atoms. The van der Waals surface area contributed by atoms with Gasteiger partial charge in [-0.05, 0) is 36.4 Å². The first kappa shape index (κ1) is 17.5. The lowest BCUT2D eigenvalue weighted by atomic mass is 10.4. The number of hydrogen-bond donors (Lipinski definition) is 0. The summed E-state index contributed by atoms with van der Waals surface area (Å²) in [5.74, 6) is 0. The summed E-state index contributed by atoms with van der Waals surface area (Å²) >= 11 is 3.08. The van der Waals surface area contributed by atoms with Crippen molar-refractivity contribution < 1.29 is 9.13 Å². The van der Waals surface area contributed by atoms with E-state index >= 15 is 0 Å². The summed E-state index contributed by atoms with van der Waals surface area (Å²) in [6.07, 6.45) is 0. The molecule has 2 heterocycles. The highest BCUT2D eigenvalue weighted by Gasteiger charge is 2.28. The Bertz CT molecular complexity index is 982. The highest BCUT2D eigenvalue weighted by molar-refractivity contribution is 7.69. The second-order valence-electron chi connectivity index (χ2n) is 5.54. The standard InChI is InChI=1S/C20H14O2P2S2/c21-23(15-7-3-1-4-8-15)19-13-11-17(25-19)18-12-14-20(26-18)24(22)16-9-5-2-6-10-16/h1-14H/q+2. The summed E-state index contributed by atoms with van der Waals surface area (Å²) in [4.78, 5) is 2.12. The Balaban J connectivity index is 1.58. The van der Waals surface area contributed by atoms with Crippen molar-refractivity contribution in [2.75, 3.05) is 0 Å². The lowest BCUT2D eigenvalue weighted by Gasteiger charge is -1.87. The zero-order chi connectivity index (χ0) is 17.9. The average Bonchev–Trinajstić information content (AvgIpc) is 3.38. The summed E-state index contributed by atoms with van der Waals surface area (Å²) in [5.41, 5.74) is 0. The van der Waals surface area contributed by atoms with Crippen molar-refractivity contribution in [2.45, 2.75) is 0 Å². The van der Waals surface area contributed by atoms with Gasteiger partial charge in [0.05, 0.1) is 0 Å². The van der Waals surface area contributed by atoms with Gasteiger partial charge in [-0.15, -0.1) is 0 Å². The van der Waals surface area contributed by atoms with Crippen LogP contribution in [0.4, 0.5) is 0 Å². The van der Waals surface area contributed by atoms with Crippen molar-refractivity contribution in [1.82, 2.24) is 0 Å². The van der Waals surface area contributed by atoms with Crippen molar-refractivity contribution >= 4 is 58.1 Å². The molecule has 126 valence electrons. The van der Waals surface area contributed by atoms with Crippen molar-refractivity contribution in [3.05, 3.63) is 84.9 Å². The summed E-state index contributed by atoms with van der Waals surface area (Å²) in [6, 6.07) is 26.9. The molecule has 4 rings (SSSR count). The van der Waals surface area contributed by atoms with Crippen LogP contribution < -0.4 is 19.8 Å². The minimum absolute atomic E-state index is 0.843. The van der Waals surface area contributed by atoms with Gasteiger partial charge < -0.3 is 0 Å². The van der Waals surface area contributed by atoms with Crippen LogP contribution in [-0.2, 0) is 9.13 Å². The van der Waals surface area contributed by atoms with Crippen LogP contribution in [0.25, 0.3) is 9.75 Å². The van der Waals surface area contributed by atoms with Crippen molar-refractivity contribution in [3.63, 3.8) is 0 Å². The van der Waals surface area contributed by atoms with E-state index in [1.807, 2.05) is 84.9 Å². The Morgan fingerprint density at radius 2 is 0.885 bits per heavy atom. The molecule has 0 fully saturated rings. The first-order chi connectivity index (χ1) is 12.7. The molecule has 2 atom stereocenters. The van der Waals surface area contributed by atoms with Crippen molar-refractivity contribution in [3.8, 4) is 9.75 Å². The maximum Gasteiger partial charge on any atom is 0.426 e. The molecule has 2 aromatic carbocycles. The van der Waals surface area contributed by atoms with Crippen molar-refractivity contribution in [1.29, 1.82) is 0 Å². The molecule has 0 aliphatic carbocycles. The topological polar surface area (TPSA) is 34.1 Å². The molecular formula is C20H14O2P2S2+2. The highest BCUT2D eigenvalue weighted by Crippen LogP contribution is 2.35. The van der Waals surface area contributed by atoms with Crippen LogP contribution >= 0.6 is 38.3 Å². The number of benzene rings is 2. The largest absolute Gasteiger partial charge is 0.426 e. The number of thiophene rings is 2. The third kappa shape index (κ3) is 3.60. The molecule has 0 radical (unpaired) electrons. The summed E-state index contributed by atoms with van der Waals surface area (Å²) in [5, 5.41) is 1.69. The maximum atomic E-state index is 12.7. The van der Waals surface area contributed by atoms with E-state index in [1.54, 1.807) is 22.7 Å². The molecule has 0 saturated heterocycles. The predicted octanol–water partition coefficient (Wildman–Crippen LogP) is 5.03. The fourth-order valence-electron chi connectivity index (χ4n) is 2.52. The zero-order valence-corrected chi connectivity index (χ0v) is 17.0. The smallest absolute Gasteiger partial charge is 0.0866 e. The average molecular weight is 412 g/mol. The van der Waals surface area contributed by atoms with Gasteiger partial charge in [-0.1, -0.05) is 68.2 Å². The van der Waals surface area contributed by atoms with E-state index < -0.39 is 15.6 Å². The quantitative estimate of drug-likeness (QED) is 0.431. The third-order valence-corrected chi connectivity index (χ3v) is 9.96. The molecule has 0 amide bonds. The minimum atomic E-state index is -1.57. The molecule has 2 unspecified atom stereocenters. The van der Waals surface area contributed by atoms with E-state index in [9.17, 15) is 9.13 Å². The van der Waals surface area contributed by atoms with E-state index in [2.05, 4.69) is 0 Å². The Hall–Kier alpha value is -1.96.